The van der Waals surface area contributed by atoms with E-state index in [0.29, 0.717) is 30.9 Å². The van der Waals surface area contributed by atoms with Gasteiger partial charge < -0.3 is 20.1 Å². The van der Waals surface area contributed by atoms with Gasteiger partial charge in [-0.2, -0.15) is 0 Å². The number of fused-ring (bicyclic) bond motifs is 4. The quantitative estimate of drug-likeness (QED) is 0.745. The maximum Gasteiger partial charge on any atom is 0.319 e. The molecule has 2 bridgehead atoms. The van der Waals surface area contributed by atoms with Crippen LogP contribution in [0.4, 0.5) is 14.9 Å². The van der Waals surface area contributed by atoms with Gasteiger partial charge in [0.15, 0.2) is 0 Å². The van der Waals surface area contributed by atoms with E-state index in [1.54, 1.807) is 15.5 Å². The van der Waals surface area contributed by atoms with E-state index in [0.717, 1.165) is 37.8 Å². The fourth-order valence-corrected chi connectivity index (χ4v) is 5.65. The summed E-state index contributed by atoms with van der Waals surface area (Å²) in [6.45, 7) is 1.52. The minimum absolute atomic E-state index is 0.0548. The molecule has 0 spiro atoms. The van der Waals surface area contributed by atoms with E-state index in [4.69, 9.17) is 0 Å². The fraction of sp³-hybridized carbons (Fsp3) is 0.480. The molecule has 2 atom stereocenters. The average molecular weight is 453 g/mol. The van der Waals surface area contributed by atoms with Crippen molar-refractivity contribution in [2.45, 2.75) is 57.0 Å². The number of benzene rings is 1. The molecule has 1 saturated carbocycles. The van der Waals surface area contributed by atoms with Gasteiger partial charge in [-0.25, -0.2) is 9.18 Å². The number of hydrogen-bond donors (Lipinski definition) is 2. The summed E-state index contributed by atoms with van der Waals surface area (Å²) >= 11 is 0. The number of nitrogens with one attached hydrogen (secondary N) is 2. The molecule has 1 saturated heterocycles. The molecule has 3 aliphatic rings. The molecule has 2 N–H and O–H groups in total. The normalized spacial score (nSPS) is 22.4. The molecule has 2 aliphatic heterocycles. The third kappa shape index (κ3) is 4.51. The Morgan fingerprint density at radius 1 is 0.939 bits per heavy atom. The second-order valence-corrected chi connectivity index (χ2v) is 9.53. The van der Waals surface area contributed by atoms with Crippen molar-refractivity contribution in [1.82, 2.24) is 14.8 Å². The van der Waals surface area contributed by atoms with Crippen molar-refractivity contribution in [2.75, 3.05) is 18.4 Å². The summed E-state index contributed by atoms with van der Waals surface area (Å²) in [4.78, 5) is 40.2. The highest BCUT2D eigenvalue weighted by Gasteiger charge is 2.38. The number of carbonyl (C=O) groups excluding carboxylic acids is 2. The van der Waals surface area contributed by atoms with Crippen LogP contribution in [0.5, 0.6) is 0 Å². The standard InChI is InChI=1S/C25H29FN4O3/c26-19-8-6-17(7-9-19)24(32)29-13-16-12-18(15-29)23-21(10-11-22(31)30(23)14-16)28-25(33)27-20-4-2-1-3-5-20/h6-11,16,18,20H,1-5,12-15H2,(H2,27,28,33)/t16-,18-/m1/s1. The van der Waals surface area contributed by atoms with Gasteiger partial charge in [0.1, 0.15) is 5.82 Å². The Morgan fingerprint density at radius 3 is 2.45 bits per heavy atom. The summed E-state index contributed by atoms with van der Waals surface area (Å²) in [5.41, 5.74) is 1.78. The molecule has 8 heteroatoms. The van der Waals surface area contributed by atoms with E-state index in [1.165, 1.54) is 36.8 Å². The first-order valence-corrected chi connectivity index (χ1v) is 11.8. The van der Waals surface area contributed by atoms with E-state index < -0.39 is 0 Å². The summed E-state index contributed by atoms with van der Waals surface area (Å²) in [5.74, 6) is -0.413. The molecule has 2 aromatic rings. The van der Waals surface area contributed by atoms with Gasteiger partial charge in [-0.3, -0.25) is 9.59 Å². The zero-order valence-corrected chi connectivity index (χ0v) is 18.6. The molecular formula is C25H29FN4O3. The Morgan fingerprint density at radius 2 is 1.70 bits per heavy atom. The van der Waals surface area contributed by atoms with E-state index in [9.17, 15) is 18.8 Å². The van der Waals surface area contributed by atoms with Crippen LogP contribution >= 0.6 is 0 Å². The number of halogens is 1. The van der Waals surface area contributed by atoms with E-state index in [1.807, 2.05) is 0 Å². The van der Waals surface area contributed by atoms with Crippen molar-refractivity contribution in [3.63, 3.8) is 0 Å². The smallest absolute Gasteiger partial charge is 0.319 e. The Hall–Kier alpha value is -3.16. The topological polar surface area (TPSA) is 83.4 Å². The second kappa shape index (κ2) is 9.00. The minimum Gasteiger partial charge on any atom is -0.338 e. The first kappa shape index (κ1) is 21.7. The van der Waals surface area contributed by atoms with Crippen molar-refractivity contribution in [3.8, 4) is 0 Å². The van der Waals surface area contributed by atoms with Crippen LogP contribution in [0, 0.1) is 11.7 Å². The molecule has 1 aliphatic carbocycles. The van der Waals surface area contributed by atoms with Gasteiger partial charge in [0.05, 0.1) is 5.69 Å². The van der Waals surface area contributed by atoms with Crippen LogP contribution in [0.2, 0.25) is 0 Å². The highest BCUT2D eigenvalue weighted by Crippen LogP contribution is 2.39. The third-order valence-electron chi connectivity index (χ3n) is 7.16. The van der Waals surface area contributed by atoms with Crippen LogP contribution in [-0.2, 0) is 6.54 Å². The van der Waals surface area contributed by atoms with Crippen molar-refractivity contribution >= 4 is 17.6 Å². The summed E-state index contributed by atoms with van der Waals surface area (Å²) in [6.07, 6.45) is 6.31. The van der Waals surface area contributed by atoms with E-state index in [-0.39, 0.29) is 41.2 Å². The van der Waals surface area contributed by atoms with Gasteiger partial charge in [0.2, 0.25) is 0 Å². The van der Waals surface area contributed by atoms with Crippen LogP contribution < -0.4 is 16.2 Å². The maximum absolute atomic E-state index is 13.3. The van der Waals surface area contributed by atoms with Gasteiger partial charge in [-0.15, -0.1) is 0 Å². The van der Waals surface area contributed by atoms with Crippen molar-refractivity contribution < 1.29 is 14.0 Å². The van der Waals surface area contributed by atoms with Crippen LogP contribution in [0.25, 0.3) is 0 Å². The van der Waals surface area contributed by atoms with Gasteiger partial charge in [0, 0.05) is 48.9 Å². The van der Waals surface area contributed by atoms with Crippen LogP contribution in [0.3, 0.4) is 0 Å². The zero-order chi connectivity index (χ0) is 22.9. The average Bonchev–Trinajstić information content (AvgIpc) is 2.81. The lowest BCUT2D eigenvalue weighted by Crippen LogP contribution is -2.49. The molecule has 0 radical (unpaired) electrons. The van der Waals surface area contributed by atoms with Crippen LogP contribution in [0.1, 0.15) is 60.5 Å². The first-order chi connectivity index (χ1) is 16.0. The van der Waals surface area contributed by atoms with Crippen LogP contribution in [0.15, 0.2) is 41.2 Å². The molecule has 7 nitrogen and oxygen atoms in total. The Kier molecular flexibility index (Phi) is 5.91. The van der Waals surface area contributed by atoms with E-state index in [2.05, 4.69) is 10.6 Å². The van der Waals surface area contributed by atoms with Crippen molar-refractivity contribution in [1.29, 1.82) is 0 Å². The molecule has 1 aromatic carbocycles. The molecule has 33 heavy (non-hydrogen) atoms. The van der Waals surface area contributed by atoms with Gasteiger partial charge in [0.25, 0.3) is 11.5 Å². The lowest BCUT2D eigenvalue weighted by atomic mass is 9.82. The molecule has 5 rings (SSSR count). The number of likely N-dealkylation sites (tertiary alicyclic amines) is 1. The van der Waals surface area contributed by atoms with Gasteiger partial charge in [-0.1, -0.05) is 19.3 Å². The van der Waals surface area contributed by atoms with E-state index >= 15 is 0 Å². The molecular weight excluding hydrogens is 423 g/mol. The number of aromatic nitrogens is 1. The number of carbonyl (C=O) groups is 2. The number of rotatable bonds is 3. The SMILES string of the molecule is O=C(Nc1ccc(=O)n2c1[C@@H]1C[C@H](CN(C(=O)c3ccc(F)cc3)C1)C2)NC1CCCCC1. The number of piperidine rings is 1. The number of anilines is 1. The lowest BCUT2D eigenvalue weighted by Gasteiger charge is -2.43. The molecule has 0 unspecified atom stereocenters. The van der Waals surface area contributed by atoms with Gasteiger partial charge >= 0.3 is 6.03 Å². The number of amides is 3. The zero-order valence-electron chi connectivity index (χ0n) is 18.6. The third-order valence-corrected chi connectivity index (χ3v) is 7.16. The molecule has 3 amide bonds. The number of hydrogen-bond acceptors (Lipinski definition) is 3. The predicted molar refractivity (Wildman–Crippen MR) is 123 cm³/mol. The fourth-order valence-electron chi connectivity index (χ4n) is 5.65. The number of nitrogens with zero attached hydrogens (tertiary/aromatic N) is 2. The van der Waals surface area contributed by atoms with Crippen molar-refractivity contribution in [2.24, 2.45) is 5.92 Å². The number of urea groups is 1. The molecule has 174 valence electrons. The second-order valence-electron chi connectivity index (χ2n) is 9.53. The highest BCUT2D eigenvalue weighted by molar-refractivity contribution is 5.94. The Bertz CT molecular complexity index is 1110. The minimum atomic E-state index is -0.377. The summed E-state index contributed by atoms with van der Waals surface area (Å²) in [5, 5.41) is 6.04. The first-order valence-electron chi connectivity index (χ1n) is 11.8. The highest BCUT2D eigenvalue weighted by atomic mass is 19.1. The predicted octanol–water partition coefficient (Wildman–Crippen LogP) is 3.70. The van der Waals surface area contributed by atoms with Crippen molar-refractivity contribution in [3.05, 3.63) is 63.8 Å². The monoisotopic (exact) mass is 452 g/mol. The maximum atomic E-state index is 13.3. The largest absolute Gasteiger partial charge is 0.338 e. The summed E-state index contributed by atoms with van der Waals surface area (Å²) < 4.78 is 15.0. The molecule has 1 aromatic heterocycles. The molecule has 3 heterocycles. The number of pyridine rings is 1. The Labute approximate surface area is 192 Å². The molecule has 2 fully saturated rings. The summed E-state index contributed by atoms with van der Waals surface area (Å²) in [6, 6.07) is 8.70. The van der Waals surface area contributed by atoms with Gasteiger partial charge in [-0.05, 0) is 55.5 Å². The summed E-state index contributed by atoms with van der Waals surface area (Å²) in [7, 11) is 0. The lowest BCUT2D eigenvalue weighted by molar-refractivity contribution is 0.0595. The van der Waals surface area contributed by atoms with Crippen LogP contribution in [-0.4, -0.2) is 40.5 Å². The Balaban J connectivity index is 1.37.